The maximum Gasteiger partial charge on any atom is 0.234 e. The molecule has 16 heavy (non-hydrogen) atoms. The lowest BCUT2D eigenvalue weighted by molar-refractivity contribution is 0.477. The molecular formula is C10H8N4OS. The molecule has 3 aromatic rings. The summed E-state index contributed by atoms with van der Waals surface area (Å²) in [5.41, 5.74) is 1.81. The summed E-state index contributed by atoms with van der Waals surface area (Å²) in [4.78, 5) is 0.718. The van der Waals surface area contributed by atoms with Crippen molar-refractivity contribution >= 4 is 16.3 Å². The highest BCUT2D eigenvalue weighted by Crippen LogP contribution is 2.32. The molecule has 0 saturated heterocycles. The Kier molecular flexibility index (Phi) is 1.90. The van der Waals surface area contributed by atoms with Crippen molar-refractivity contribution in [3.8, 4) is 16.3 Å². The highest BCUT2D eigenvalue weighted by atomic mass is 32.1. The van der Waals surface area contributed by atoms with Crippen LogP contribution in [0.3, 0.4) is 0 Å². The van der Waals surface area contributed by atoms with Crippen molar-refractivity contribution in [3.05, 3.63) is 30.1 Å². The third-order valence-electron chi connectivity index (χ3n) is 2.27. The van der Waals surface area contributed by atoms with Crippen molar-refractivity contribution in [3.63, 3.8) is 0 Å². The van der Waals surface area contributed by atoms with Crippen molar-refractivity contribution in [1.29, 1.82) is 0 Å². The second kappa shape index (κ2) is 3.28. The summed E-state index contributed by atoms with van der Waals surface area (Å²) in [5.74, 6) is 0.232. The van der Waals surface area contributed by atoms with E-state index in [0.717, 1.165) is 21.1 Å². The van der Waals surface area contributed by atoms with Gasteiger partial charge in [-0.1, -0.05) is 23.0 Å². The van der Waals surface area contributed by atoms with E-state index in [4.69, 9.17) is 0 Å². The van der Waals surface area contributed by atoms with Gasteiger partial charge in [-0.25, -0.2) is 0 Å². The molecule has 0 aliphatic carbocycles. The molecule has 0 bridgehead atoms. The molecule has 6 heteroatoms. The molecule has 0 saturated carbocycles. The Morgan fingerprint density at radius 1 is 1.38 bits per heavy atom. The summed E-state index contributed by atoms with van der Waals surface area (Å²) in [5, 5.41) is 22.4. The van der Waals surface area contributed by atoms with Crippen molar-refractivity contribution in [2.45, 2.75) is 6.92 Å². The monoisotopic (exact) mass is 232 g/mol. The van der Waals surface area contributed by atoms with Gasteiger partial charge in [-0.15, -0.1) is 10.2 Å². The van der Waals surface area contributed by atoms with Crippen LogP contribution in [0.25, 0.3) is 15.5 Å². The minimum atomic E-state index is 0.232. The van der Waals surface area contributed by atoms with Crippen LogP contribution in [0.15, 0.2) is 24.5 Å². The maximum absolute atomic E-state index is 9.77. The second-order valence-electron chi connectivity index (χ2n) is 3.49. The van der Waals surface area contributed by atoms with Gasteiger partial charge in [0.2, 0.25) is 4.96 Å². The molecular weight excluding hydrogens is 224 g/mol. The van der Waals surface area contributed by atoms with Crippen LogP contribution in [-0.2, 0) is 0 Å². The van der Waals surface area contributed by atoms with E-state index >= 15 is 0 Å². The fourth-order valence-corrected chi connectivity index (χ4v) is 2.33. The zero-order valence-electron chi connectivity index (χ0n) is 8.45. The number of phenols is 1. The van der Waals surface area contributed by atoms with Gasteiger partial charge in [-0.05, 0) is 19.1 Å². The Hall–Kier alpha value is -1.95. The summed E-state index contributed by atoms with van der Waals surface area (Å²) < 4.78 is 1.60. The lowest BCUT2D eigenvalue weighted by atomic mass is 10.1. The summed E-state index contributed by atoms with van der Waals surface area (Å²) in [7, 11) is 0. The number of phenolic OH excluding ortho intramolecular Hbond substituents is 1. The summed E-state index contributed by atoms with van der Waals surface area (Å²) in [6, 6.07) is 5.44. The van der Waals surface area contributed by atoms with Gasteiger partial charge in [0.05, 0.1) is 5.56 Å². The molecule has 0 aliphatic rings. The first-order valence-corrected chi connectivity index (χ1v) is 5.52. The Balaban J connectivity index is 2.22. The van der Waals surface area contributed by atoms with Gasteiger partial charge >= 0.3 is 0 Å². The standard InChI is InChI=1S/C10H8N4OS/c1-6-2-3-8(15)7(4-6)9-13-14-5-11-12-10(14)16-9/h2-5,15H,1H3. The Labute approximate surface area is 95.0 Å². The van der Waals surface area contributed by atoms with Crippen LogP contribution in [0.5, 0.6) is 5.75 Å². The Morgan fingerprint density at radius 2 is 2.25 bits per heavy atom. The number of aromatic hydroxyl groups is 1. The molecule has 2 aromatic heterocycles. The third-order valence-corrected chi connectivity index (χ3v) is 3.22. The van der Waals surface area contributed by atoms with Crippen LogP contribution in [0.2, 0.25) is 0 Å². The predicted octanol–water partition coefficient (Wildman–Crippen LogP) is 1.87. The van der Waals surface area contributed by atoms with Gasteiger partial charge < -0.3 is 5.11 Å². The molecule has 0 radical (unpaired) electrons. The van der Waals surface area contributed by atoms with Gasteiger partial charge in [0.15, 0.2) is 5.01 Å². The molecule has 0 atom stereocenters. The highest BCUT2D eigenvalue weighted by molar-refractivity contribution is 7.19. The van der Waals surface area contributed by atoms with E-state index in [1.165, 1.54) is 11.3 Å². The number of hydrogen-bond donors (Lipinski definition) is 1. The van der Waals surface area contributed by atoms with E-state index in [9.17, 15) is 5.11 Å². The van der Waals surface area contributed by atoms with E-state index in [1.807, 2.05) is 19.1 Å². The normalized spacial score (nSPS) is 11.1. The number of aryl methyl sites for hydroxylation is 1. The van der Waals surface area contributed by atoms with Crippen LogP contribution in [0.1, 0.15) is 5.56 Å². The first-order chi connectivity index (χ1) is 7.74. The number of hydrogen-bond acceptors (Lipinski definition) is 5. The molecule has 5 nitrogen and oxygen atoms in total. The zero-order chi connectivity index (χ0) is 11.1. The molecule has 3 rings (SSSR count). The topological polar surface area (TPSA) is 63.3 Å². The predicted molar refractivity (Wildman–Crippen MR) is 60.5 cm³/mol. The van der Waals surface area contributed by atoms with E-state index in [2.05, 4.69) is 15.3 Å². The summed E-state index contributed by atoms with van der Waals surface area (Å²) >= 11 is 1.40. The quantitative estimate of drug-likeness (QED) is 0.695. The van der Waals surface area contributed by atoms with Gasteiger partial charge in [-0.3, -0.25) is 0 Å². The first-order valence-electron chi connectivity index (χ1n) is 4.71. The zero-order valence-corrected chi connectivity index (χ0v) is 9.27. The molecule has 0 unspecified atom stereocenters. The lowest BCUT2D eigenvalue weighted by Gasteiger charge is -2.00. The second-order valence-corrected chi connectivity index (χ2v) is 4.44. The minimum absolute atomic E-state index is 0.232. The van der Waals surface area contributed by atoms with Crippen LogP contribution >= 0.6 is 11.3 Å². The molecule has 2 heterocycles. The van der Waals surface area contributed by atoms with Crippen LogP contribution in [0.4, 0.5) is 0 Å². The number of rotatable bonds is 1. The average molecular weight is 232 g/mol. The molecule has 0 aliphatic heterocycles. The number of benzene rings is 1. The van der Waals surface area contributed by atoms with Crippen molar-refractivity contribution in [2.75, 3.05) is 0 Å². The van der Waals surface area contributed by atoms with Gasteiger partial charge in [0.25, 0.3) is 0 Å². The first kappa shape index (κ1) is 9.29. The van der Waals surface area contributed by atoms with E-state index in [-0.39, 0.29) is 5.75 Å². The number of fused-ring (bicyclic) bond motifs is 1. The van der Waals surface area contributed by atoms with Gasteiger partial charge in [0, 0.05) is 0 Å². The fourth-order valence-electron chi connectivity index (χ4n) is 1.49. The van der Waals surface area contributed by atoms with Crippen LogP contribution in [0, 0.1) is 6.92 Å². The largest absolute Gasteiger partial charge is 0.507 e. The van der Waals surface area contributed by atoms with Crippen LogP contribution in [-0.4, -0.2) is 24.9 Å². The van der Waals surface area contributed by atoms with Crippen molar-refractivity contribution in [1.82, 2.24) is 19.8 Å². The van der Waals surface area contributed by atoms with Gasteiger partial charge in [-0.2, -0.15) is 9.61 Å². The van der Waals surface area contributed by atoms with E-state index in [1.54, 1.807) is 16.9 Å². The Bertz CT molecular complexity index is 629. The molecule has 1 N–H and O–H groups in total. The molecule has 0 spiro atoms. The third kappa shape index (κ3) is 1.35. The molecule has 1 aromatic carbocycles. The van der Waals surface area contributed by atoms with Crippen molar-refractivity contribution < 1.29 is 5.11 Å². The molecule has 0 fully saturated rings. The average Bonchev–Trinajstić information content (AvgIpc) is 2.81. The summed E-state index contributed by atoms with van der Waals surface area (Å²) in [6.45, 7) is 1.98. The maximum atomic E-state index is 9.77. The highest BCUT2D eigenvalue weighted by Gasteiger charge is 2.11. The molecule has 80 valence electrons. The number of aromatic nitrogens is 4. The smallest absolute Gasteiger partial charge is 0.234 e. The SMILES string of the molecule is Cc1ccc(O)c(-c2nn3cnnc3s2)c1. The lowest BCUT2D eigenvalue weighted by Crippen LogP contribution is -1.84. The van der Waals surface area contributed by atoms with Crippen LogP contribution < -0.4 is 0 Å². The minimum Gasteiger partial charge on any atom is -0.507 e. The van der Waals surface area contributed by atoms with E-state index < -0.39 is 0 Å². The Morgan fingerprint density at radius 3 is 3.06 bits per heavy atom. The van der Waals surface area contributed by atoms with Gasteiger partial charge in [0.1, 0.15) is 12.1 Å². The molecule has 0 amide bonds. The fraction of sp³-hybridized carbons (Fsp3) is 0.100. The number of nitrogens with zero attached hydrogens (tertiary/aromatic N) is 4. The van der Waals surface area contributed by atoms with E-state index in [0.29, 0.717) is 0 Å². The summed E-state index contributed by atoms with van der Waals surface area (Å²) in [6.07, 6.45) is 1.54. The van der Waals surface area contributed by atoms with Crippen molar-refractivity contribution in [2.24, 2.45) is 0 Å².